The molecule has 6 atom stereocenters. The number of nitro benzene ring substituents is 1. The van der Waals surface area contributed by atoms with E-state index in [0.717, 1.165) is 62.2 Å². The van der Waals surface area contributed by atoms with E-state index in [2.05, 4.69) is 23.6 Å². The van der Waals surface area contributed by atoms with Crippen molar-refractivity contribution in [1.82, 2.24) is 9.80 Å². The highest BCUT2D eigenvalue weighted by atomic mass is 16.7. The van der Waals surface area contributed by atoms with Gasteiger partial charge in [-0.05, 0) is 79.0 Å². The van der Waals surface area contributed by atoms with Gasteiger partial charge in [-0.25, -0.2) is 4.79 Å². The van der Waals surface area contributed by atoms with Crippen molar-refractivity contribution in [3.63, 3.8) is 0 Å². The maximum absolute atomic E-state index is 13.4. The van der Waals surface area contributed by atoms with Crippen LogP contribution >= 0.6 is 0 Å². The van der Waals surface area contributed by atoms with Gasteiger partial charge in [0.15, 0.2) is 0 Å². The van der Waals surface area contributed by atoms with Crippen molar-refractivity contribution in [2.24, 2.45) is 22.9 Å². The quantitative estimate of drug-likeness (QED) is 0.0549. The molecule has 2 aliphatic heterocycles. The number of hydrogen-bond acceptors (Lipinski definition) is 12. The molecule has 0 radical (unpaired) electrons. The van der Waals surface area contributed by atoms with Gasteiger partial charge in [-0.1, -0.05) is 30.1 Å². The highest BCUT2D eigenvalue weighted by molar-refractivity contribution is 6.02. The first-order valence-corrected chi connectivity index (χ1v) is 19.3. The number of nitro groups is 1. The van der Waals surface area contributed by atoms with Crippen LogP contribution in [0.5, 0.6) is 11.5 Å². The van der Waals surface area contributed by atoms with Gasteiger partial charge in [0.25, 0.3) is 5.69 Å². The zero-order valence-corrected chi connectivity index (χ0v) is 31.8. The Morgan fingerprint density at radius 3 is 2.55 bits per heavy atom. The molecule has 1 saturated carbocycles. The number of aliphatic hydroxyl groups excluding tert-OH is 2. The molecule has 2 N–H and O–H groups in total. The summed E-state index contributed by atoms with van der Waals surface area (Å²) in [5.74, 6) is -0.499. The number of carbonyl (C=O) groups is 1. The van der Waals surface area contributed by atoms with Crippen LogP contribution in [0.2, 0.25) is 0 Å². The van der Waals surface area contributed by atoms with Crippen LogP contribution in [0.15, 0.2) is 71.9 Å². The Morgan fingerprint density at radius 1 is 1.13 bits per heavy atom. The smallest absolute Gasteiger partial charge is 0.409 e. The van der Waals surface area contributed by atoms with E-state index < -0.39 is 28.8 Å². The number of aliphatic hydroxyl groups is 2. The van der Waals surface area contributed by atoms with Crippen LogP contribution in [0.25, 0.3) is 0 Å². The number of carbonyl (C=O) groups excluding carboxylic acids is 1. The molecule has 2 heterocycles. The second-order valence-corrected chi connectivity index (χ2v) is 14.7. The van der Waals surface area contributed by atoms with Crippen molar-refractivity contribution in [3.8, 4) is 11.5 Å². The molecule has 0 unspecified atom stereocenters. The number of amides is 1. The van der Waals surface area contributed by atoms with Gasteiger partial charge < -0.3 is 38.9 Å². The molecule has 0 spiro atoms. The first kappa shape index (κ1) is 40.2. The minimum atomic E-state index is -1.38. The molecule has 14 nitrogen and oxygen atoms in total. The molecule has 14 heteroatoms. The van der Waals surface area contributed by atoms with Crippen molar-refractivity contribution in [3.05, 3.63) is 88.0 Å². The fraction of sp³-hybridized carbons (Fsp3) is 0.561. The second kappa shape index (κ2) is 18.4. The molecule has 55 heavy (non-hydrogen) atoms. The minimum Gasteiger partial charge on any atom is -0.492 e. The number of likely N-dealkylation sites (N-methyl/N-ethyl adjacent to an activating group) is 1. The molecule has 4 aliphatic rings. The zero-order chi connectivity index (χ0) is 39.0. The third-order valence-corrected chi connectivity index (χ3v) is 11.3. The van der Waals surface area contributed by atoms with E-state index in [9.17, 15) is 25.1 Å². The average molecular weight is 763 g/mol. The largest absolute Gasteiger partial charge is 0.492 e. The fourth-order valence-electron chi connectivity index (χ4n) is 8.57. The topological polar surface area (TPSA) is 165 Å². The highest BCUT2D eigenvalue weighted by Gasteiger charge is 2.65. The van der Waals surface area contributed by atoms with Crippen LogP contribution in [0, 0.1) is 27.9 Å². The summed E-state index contributed by atoms with van der Waals surface area (Å²) in [6.45, 7) is 7.93. The van der Waals surface area contributed by atoms with Gasteiger partial charge in [-0.15, -0.1) is 6.58 Å². The third kappa shape index (κ3) is 8.98. The van der Waals surface area contributed by atoms with Crippen LogP contribution in [0.1, 0.15) is 62.0 Å². The van der Waals surface area contributed by atoms with E-state index in [4.69, 9.17) is 28.9 Å². The Bertz CT molecular complexity index is 1710. The maximum atomic E-state index is 13.4. The normalized spacial score (nSPS) is 25.9. The Morgan fingerprint density at radius 2 is 1.87 bits per heavy atom. The van der Waals surface area contributed by atoms with Crippen LogP contribution < -0.4 is 9.47 Å². The van der Waals surface area contributed by atoms with Gasteiger partial charge in [-0.2, -0.15) is 0 Å². The van der Waals surface area contributed by atoms with Crippen molar-refractivity contribution < 1.29 is 43.7 Å². The lowest BCUT2D eigenvalue weighted by Gasteiger charge is -2.59. The second-order valence-electron chi connectivity index (χ2n) is 14.7. The number of unbranched alkanes of at least 4 members (excludes halogenated alkanes) is 2. The Labute approximate surface area is 322 Å². The summed E-state index contributed by atoms with van der Waals surface area (Å²) < 4.78 is 25.5. The zero-order valence-electron chi connectivity index (χ0n) is 31.8. The summed E-state index contributed by atoms with van der Waals surface area (Å²) in [4.78, 5) is 34.0. The SMILES string of the molecule is C=CCO[C@@]12Oc3ccc(OCCN4CC4)cc3[C@H]3[C@H](CCCCO)[C@@H](CCCCO)C=C(C(=NOCc4ccc([N+](=O)[O-])cc4)C[C@@H]1N(C)C(=O)OC)[C@H]32. The first-order valence-electron chi connectivity index (χ1n) is 19.3. The van der Waals surface area contributed by atoms with Gasteiger partial charge >= 0.3 is 6.09 Å². The predicted octanol–water partition coefficient (Wildman–Crippen LogP) is 5.82. The summed E-state index contributed by atoms with van der Waals surface area (Å²) >= 11 is 0. The number of benzene rings is 2. The molecule has 1 amide bonds. The lowest BCUT2D eigenvalue weighted by Crippen LogP contribution is -2.69. The summed E-state index contributed by atoms with van der Waals surface area (Å²) in [5.41, 5.74) is 3.21. The van der Waals surface area contributed by atoms with E-state index in [0.29, 0.717) is 36.5 Å². The molecule has 0 aromatic heterocycles. The number of fused-ring (bicyclic) bond motifs is 2. The molecule has 0 bridgehead atoms. The predicted molar refractivity (Wildman–Crippen MR) is 205 cm³/mol. The number of rotatable bonds is 20. The van der Waals surface area contributed by atoms with E-state index in [-0.39, 0.29) is 56.3 Å². The van der Waals surface area contributed by atoms with Crippen LogP contribution in [0.3, 0.4) is 0 Å². The number of oxime groups is 1. The number of methoxy groups -OCH3 is 1. The standard InChI is InChI=1S/C41H54N4O10/c1-4-22-53-41-37(43(2)40(48)51-3)26-35(42-54-27-28-11-13-30(14-12-28)45(49)50)33-24-29(9-5-7-20-46)32(10-6-8-21-47)38(39(33)41)34-25-31(15-16-36(34)55-41)52-23-19-44-17-18-44/h4,11-16,24-25,29,32,37-39,46-47H,1,5-10,17-23,26-27H2,2-3H3/t29-,32+,37-,38+,39+,41+/m0/s1. The highest BCUT2D eigenvalue weighted by Crippen LogP contribution is 2.61. The Balaban J connectivity index is 1.49. The molecular formula is C41H54N4O10. The van der Waals surface area contributed by atoms with Crippen molar-refractivity contribution in [1.29, 1.82) is 0 Å². The summed E-state index contributed by atoms with van der Waals surface area (Å²) in [6.07, 6.45) is 8.17. The molecule has 2 fully saturated rings. The molecule has 2 aromatic rings. The van der Waals surface area contributed by atoms with E-state index >= 15 is 0 Å². The van der Waals surface area contributed by atoms with Crippen molar-refractivity contribution in [2.75, 3.05) is 60.2 Å². The van der Waals surface area contributed by atoms with E-state index in [1.807, 2.05) is 12.1 Å². The van der Waals surface area contributed by atoms with Gasteiger partial charge in [0.05, 0.1) is 30.3 Å². The molecule has 298 valence electrons. The van der Waals surface area contributed by atoms with Gasteiger partial charge in [0, 0.05) is 69.9 Å². The van der Waals surface area contributed by atoms with Crippen molar-refractivity contribution >= 4 is 17.5 Å². The Kier molecular flexibility index (Phi) is 13.5. The number of ether oxygens (including phenoxy) is 4. The number of nitrogens with zero attached hydrogens (tertiary/aromatic N) is 4. The average Bonchev–Trinajstić information content (AvgIpc) is 4.03. The lowest BCUT2D eigenvalue weighted by atomic mass is 9.55. The Hall–Kier alpha value is -4.50. The number of non-ortho nitro benzene ring substituents is 1. The van der Waals surface area contributed by atoms with Crippen LogP contribution in [-0.2, 0) is 20.9 Å². The summed E-state index contributed by atoms with van der Waals surface area (Å²) in [5, 5.41) is 35.6. The number of allylic oxidation sites excluding steroid dienone is 1. The molecule has 1 saturated heterocycles. The molecular weight excluding hydrogens is 708 g/mol. The fourth-order valence-corrected chi connectivity index (χ4v) is 8.57. The van der Waals surface area contributed by atoms with Gasteiger partial charge in [0.2, 0.25) is 5.79 Å². The monoisotopic (exact) mass is 762 g/mol. The lowest BCUT2D eigenvalue weighted by molar-refractivity contribution is -0.384. The molecule has 2 aliphatic carbocycles. The van der Waals surface area contributed by atoms with E-state index in [1.54, 1.807) is 25.3 Å². The summed E-state index contributed by atoms with van der Waals surface area (Å²) in [6, 6.07) is 11.4. The minimum absolute atomic E-state index is 0.0158. The van der Waals surface area contributed by atoms with E-state index in [1.165, 1.54) is 24.1 Å². The first-order chi connectivity index (χ1) is 26.7. The van der Waals surface area contributed by atoms with Gasteiger partial charge in [0.1, 0.15) is 30.8 Å². The number of hydrogen-bond donors (Lipinski definition) is 2. The van der Waals surface area contributed by atoms with Crippen molar-refractivity contribution in [2.45, 2.75) is 69.3 Å². The van der Waals surface area contributed by atoms with Crippen LogP contribution in [0.4, 0.5) is 10.5 Å². The molecule has 2 aromatic carbocycles. The third-order valence-electron chi connectivity index (χ3n) is 11.3. The molecule has 6 rings (SSSR count). The van der Waals surface area contributed by atoms with Gasteiger partial charge in [-0.3, -0.25) is 15.0 Å². The summed E-state index contributed by atoms with van der Waals surface area (Å²) in [7, 11) is 3.00. The van der Waals surface area contributed by atoms with Crippen LogP contribution in [-0.4, -0.2) is 109 Å². The maximum Gasteiger partial charge on any atom is 0.409 e.